The Kier molecular flexibility index (Phi) is 5.49. The van der Waals surface area contributed by atoms with Gasteiger partial charge >= 0.3 is 0 Å². The first-order valence-corrected chi connectivity index (χ1v) is 10.1. The smallest absolute Gasteiger partial charge is 0.148 e. The highest BCUT2D eigenvalue weighted by Crippen LogP contribution is 2.41. The first-order valence-electron chi connectivity index (χ1n) is 7.99. The maximum Gasteiger partial charge on any atom is 0.148 e. The van der Waals surface area contributed by atoms with E-state index in [-0.39, 0.29) is 17.4 Å². The summed E-state index contributed by atoms with van der Waals surface area (Å²) in [4.78, 5) is 0. The van der Waals surface area contributed by atoms with Crippen LogP contribution in [0, 0.1) is 5.92 Å². The first kappa shape index (κ1) is 16.2. The van der Waals surface area contributed by atoms with Crippen LogP contribution >= 0.6 is 0 Å². The average Bonchev–Trinajstić information content (AvgIpc) is 2.38. The van der Waals surface area contributed by atoms with E-state index in [1.807, 2.05) is 6.92 Å². The molecule has 0 radical (unpaired) electrons. The number of rotatable bonds is 5. The Morgan fingerprint density at radius 3 is 2.60 bits per heavy atom. The lowest BCUT2D eigenvalue weighted by Crippen LogP contribution is -2.49. The van der Waals surface area contributed by atoms with E-state index in [2.05, 4.69) is 5.32 Å². The molecule has 5 heteroatoms. The molecule has 2 atom stereocenters. The molecular formula is C15H29NO3S. The maximum atomic E-state index is 11.7. The molecule has 0 bridgehead atoms. The Morgan fingerprint density at radius 1 is 1.30 bits per heavy atom. The molecular weight excluding hydrogens is 274 g/mol. The van der Waals surface area contributed by atoms with E-state index in [1.54, 1.807) is 0 Å². The summed E-state index contributed by atoms with van der Waals surface area (Å²) in [7, 11) is -2.94. The van der Waals surface area contributed by atoms with E-state index < -0.39 is 9.84 Å². The molecule has 0 aromatic rings. The van der Waals surface area contributed by atoms with Gasteiger partial charge in [0.05, 0.1) is 11.4 Å². The summed E-state index contributed by atoms with van der Waals surface area (Å²) in [6, 6.07) is 0.0812. The van der Waals surface area contributed by atoms with Crippen LogP contribution in [0.25, 0.3) is 0 Å². The summed E-state index contributed by atoms with van der Waals surface area (Å²) in [6.07, 6.45) is 9.48. The topological polar surface area (TPSA) is 55.4 Å². The van der Waals surface area contributed by atoms with Crippen LogP contribution in [0.3, 0.4) is 0 Å². The second kappa shape index (κ2) is 6.75. The molecule has 20 heavy (non-hydrogen) atoms. The average molecular weight is 303 g/mol. The molecule has 2 fully saturated rings. The van der Waals surface area contributed by atoms with Crippen molar-refractivity contribution in [3.63, 3.8) is 0 Å². The Balaban J connectivity index is 2.04. The second-order valence-electron chi connectivity index (χ2n) is 6.60. The molecule has 1 N–H and O–H groups in total. The van der Waals surface area contributed by atoms with E-state index in [4.69, 9.17) is 4.74 Å². The van der Waals surface area contributed by atoms with Crippen molar-refractivity contribution in [1.82, 2.24) is 5.32 Å². The lowest BCUT2D eigenvalue weighted by atomic mass is 9.74. The zero-order valence-electron chi connectivity index (χ0n) is 12.9. The normalized spacial score (nSPS) is 28.4. The van der Waals surface area contributed by atoms with Crippen molar-refractivity contribution in [3.8, 4) is 0 Å². The quantitative estimate of drug-likeness (QED) is 0.845. The van der Waals surface area contributed by atoms with E-state index >= 15 is 0 Å². The van der Waals surface area contributed by atoms with Crippen LogP contribution in [0.15, 0.2) is 0 Å². The van der Waals surface area contributed by atoms with E-state index in [1.165, 1.54) is 25.5 Å². The van der Waals surface area contributed by atoms with Gasteiger partial charge in [-0.1, -0.05) is 26.2 Å². The van der Waals surface area contributed by atoms with Gasteiger partial charge in [0.2, 0.25) is 0 Å². The fourth-order valence-corrected chi connectivity index (χ4v) is 4.95. The van der Waals surface area contributed by atoms with Crippen molar-refractivity contribution >= 4 is 9.84 Å². The van der Waals surface area contributed by atoms with Crippen molar-refractivity contribution < 1.29 is 13.2 Å². The monoisotopic (exact) mass is 303 g/mol. The van der Waals surface area contributed by atoms with Crippen molar-refractivity contribution in [2.45, 2.75) is 63.5 Å². The molecule has 2 aliphatic rings. The maximum absolute atomic E-state index is 11.7. The number of nitrogens with one attached hydrogen (secondary N) is 1. The fourth-order valence-electron chi connectivity index (χ4n) is 3.90. The molecule has 1 saturated heterocycles. The zero-order valence-corrected chi connectivity index (χ0v) is 13.7. The van der Waals surface area contributed by atoms with Gasteiger partial charge in [-0.25, -0.2) is 8.42 Å². The highest BCUT2D eigenvalue weighted by molar-refractivity contribution is 7.90. The van der Waals surface area contributed by atoms with Gasteiger partial charge in [-0.05, 0) is 38.1 Å². The van der Waals surface area contributed by atoms with E-state index in [0.29, 0.717) is 5.92 Å². The molecule has 1 heterocycles. The Labute approximate surface area is 123 Å². The number of sulfone groups is 1. The number of hydrogen-bond donors (Lipinski definition) is 1. The predicted molar refractivity (Wildman–Crippen MR) is 81.7 cm³/mol. The van der Waals surface area contributed by atoms with Crippen LogP contribution in [0.1, 0.15) is 51.9 Å². The molecule has 1 saturated carbocycles. The molecule has 118 valence electrons. The van der Waals surface area contributed by atoms with Crippen molar-refractivity contribution in [2.24, 2.45) is 5.92 Å². The zero-order chi connectivity index (χ0) is 14.6. The standard InChI is InChI=1S/C15H29NO3S/c1-3-16-14(12-20(2,17)18)13-7-10-19-15(11-13)8-5-4-6-9-15/h13-14,16H,3-12H2,1-2H3. The van der Waals surface area contributed by atoms with Gasteiger partial charge in [0.15, 0.2) is 0 Å². The summed E-state index contributed by atoms with van der Waals surface area (Å²) < 4.78 is 29.4. The summed E-state index contributed by atoms with van der Waals surface area (Å²) in [5.74, 6) is 0.679. The third-order valence-corrected chi connectivity index (χ3v) is 5.78. The van der Waals surface area contributed by atoms with Gasteiger partial charge in [-0.2, -0.15) is 0 Å². The summed E-state index contributed by atoms with van der Waals surface area (Å²) in [5.41, 5.74) is 0.0480. The molecule has 0 amide bonds. The minimum absolute atomic E-state index is 0.0480. The van der Waals surface area contributed by atoms with Crippen LogP contribution in [0.4, 0.5) is 0 Å². The molecule has 1 aliphatic heterocycles. The summed E-state index contributed by atoms with van der Waals surface area (Å²) >= 11 is 0. The molecule has 2 rings (SSSR count). The van der Waals surface area contributed by atoms with E-state index in [0.717, 1.165) is 38.8 Å². The molecule has 4 nitrogen and oxygen atoms in total. The van der Waals surface area contributed by atoms with Gasteiger partial charge in [-0.15, -0.1) is 0 Å². The molecule has 0 aromatic heterocycles. The fraction of sp³-hybridized carbons (Fsp3) is 1.00. The van der Waals surface area contributed by atoms with Gasteiger partial charge in [0.1, 0.15) is 9.84 Å². The van der Waals surface area contributed by atoms with Gasteiger partial charge < -0.3 is 10.1 Å². The van der Waals surface area contributed by atoms with Crippen LogP contribution in [-0.2, 0) is 14.6 Å². The van der Waals surface area contributed by atoms with E-state index in [9.17, 15) is 8.42 Å². The van der Waals surface area contributed by atoms with Gasteiger partial charge in [0, 0.05) is 18.9 Å². The Hall–Kier alpha value is -0.130. The van der Waals surface area contributed by atoms with Gasteiger partial charge in [-0.3, -0.25) is 0 Å². The van der Waals surface area contributed by atoms with Crippen LogP contribution in [0.5, 0.6) is 0 Å². The lowest BCUT2D eigenvalue weighted by molar-refractivity contribution is -0.120. The number of hydrogen-bond acceptors (Lipinski definition) is 4. The summed E-state index contributed by atoms with van der Waals surface area (Å²) in [5, 5.41) is 3.40. The Bertz CT molecular complexity index is 396. The molecule has 1 spiro atoms. The minimum Gasteiger partial charge on any atom is -0.375 e. The van der Waals surface area contributed by atoms with Crippen LogP contribution < -0.4 is 5.32 Å². The SMILES string of the molecule is CCNC(CS(C)(=O)=O)C1CCOC2(CCCCC2)C1. The van der Waals surface area contributed by atoms with Crippen LogP contribution in [-0.4, -0.2) is 45.2 Å². The third-order valence-electron chi connectivity index (χ3n) is 4.81. The summed E-state index contributed by atoms with van der Waals surface area (Å²) in [6.45, 7) is 3.66. The van der Waals surface area contributed by atoms with Crippen molar-refractivity contribution in [1.29, 1.82) is 0 Å². The number of ether oxygens (including phenoxy) is 1. The lowest BCUT2D eigenvalue weighted by Gasteiger charge is -2.45. The highest BCUT2D eigenvalue weighted by atomic mass is 32.2. The minimum atomic E-state index is -2.94. The van der Waals surface area contributed by atoms with Crippen molar-refractivity contribution in [3.05, 3.63) is 0 Å². The van der Waals surface area contributed by atoms with Gasteiger partial charge in [0.25, 0.3) is 0 Å². The predicted octanol–water partition coefficient (Wildman–Crippen LogP) is 2.14. The molecule has 0 aromatic carbocycles. The molecule has 2 unspecified atom stereocenters. The second-order valence-corrected chi connectivity index (χ2v) is 8.79. The highest BCUT2D eigenvalue weighted by Gasteiger charge is 2.41. The third kappa shape index (κ3) is 4.43. The first-order chi connectivity index (χ1) is 9.44. The van der Waals surface area contributed by atoms with Crippen LogP contribution in [0.2, 0.25) is 0 Å². The van der Waals surface area contributed by atoms with Crippen molar-refractivity contribution in [2.75, 3.05) is 25.2 Å². The Morgan fingerprint density at radius 2 is 2.00 bits per heavy atom. The largest absolute Gasteiger partial charge is 0.375 e. The molecule has 1 aliphatic carbocycles.